The van der Waals surface area contributed by atoms with Gasteiger partial charge in [0.2, 0.25) is 5.91 Å². The minimum Gasteiger partial charge on any atom is -0.349 e. The first-order valence-corrected chi connectivity index (χ1v) is 13.3. The lowest BCUT2D eigenvalue weighted by molar-refractivity contribution is -0.127. The highest BCUT2D eigenvalue weighted by Crippen LogP contribution is 2.29. The van der Waals surface area contributed by atoms with Crippen LogP contribution in [-0.4, -0.2) is 31.7 Å². The molecule has 0 radical (unpaired) electrons. The third-order valence-corrected chi connectivity index (χ3v) is 9.29. The summed E-state index contributed by atoms with van der Waals surface area (Å²) in [6, 6.07) is 11.8. The molecular weight excluding hydrogens is 428 g/mol. The number of hydrogen-bond acceptors (Lipinski definition) is 4. The van der Waals surface area contributed by atoms with Crippen molar-refractivity contribution in [2.24, 2.45) is 11.8 Å². The SMILES string of the molecule is CC(C)C(NC(=O)C1CCN(S(=O)(=O)c2cccs2)CC1)c1ccc(C(C)(C)C)cc1. The van der Waals surface area contributed by atoms with Gasteiger partial charge >= 0.3 is 0 Å². The Morgan fingerprint density at radius 1 is 1.10 bits per heavy atom. The van der Waals surface area contributed by atoms with Crippen LogP contribution in [-0.2, 0) is 20.2 Å². The maximum atomic E-state index is 13.0. The van der Waals surface area contributed by atoms with Crippen LogP contribution in [0.4, 0.5) is 0 Å². The fraction of sp³-hybridized carbons (Fsp3) is 0.542. The van der Waals surface area contributed by atoms with E-state index < -0.39 is 10.0 Å². The molecule has 3 rings (SSSR count). The predicted molar refractivity (Wildman–Crippen MR) is 127 cm³/mol. The average Bonchev–Trinajstić information content (AvgIpc) is 3.27. The molecule has 1 aromatic carbocycles. The summed E-state index contributed by atoms with van der Waals surface area (Å²) in [5.74, 6) is 0.111. The molecule has 2 heterocycles. The van der Waals surface area contributed by atoms with Gasteiger partial charge in [-0.25, -0.2) is 8.42 Å². The molecule has 1 amide bonds. The molecule has 1 atom stereocenters. The quantitative estimate of drug-likeness (QED) is 0.660. The maximum absolute atomic E-state index is 13.0. The lowest BCUT2D eigenvalue weighted by Crippen LogP contribution is -2.44. The summed E-state index contributed by atoms with van der Waals surface area (Å²) in [5, 5.41) is 5.01. The van der Waals surface area contributed by atoms with Crippen molar-refractivity contribution in [2.75, 3.05) is 13.1 Å². The molecule has 0 aliphatic carbocycles. The second-order valence-corrected chi connectivity index (χ2v) is 12.8. The highest BCUT2D eigenvalue weighted by molar-refractivity contribution is 7.91. The molecule has 1 aromatic heterocycles. The van der Waals surface area contributed by atoms with Gasteiger partial charge in [-0.15, -0.1) is 11.3 Å². The average molecular weight is 463 g/mol. The minimum atomic E-state index is -3.44. The predicted octanol–water partition coefficient (Wildman–Crippen LogP) is 4.96. The van der Waals surface area contributed by atoms with Gasteiger partial charge in [-0.05, 0) is 46.7 Å². The second kappa shape index (κ2) is 9.43. The molecule has 1 saturated heterocycles. The van der Waals surface area contributed by atoms with E-state index in [2.05, 4.69) is 64.2 Å². The molecule has 1 aliphatic rings. The van der Waals surface area contributed by atoms with Crippen LogP contribution in [0, 0.1) is 11.8 Å². The molecular formula is C24H34N2O3S2. The fourth-order valence-corrected chi connectivity index (χ4v) is 6.61. The van der Waals surface area contributed by atoms with Crippen LogP contribution in [0.2, 0.25) is 0 Å². The highest BCUT2D eigenvalue weighted by Gasteiger charge is 2.33. The van der Waals surface area contributed by atoms with E-state index in [9.17, 15) is 13.2 Å². The summed E-state index contributed by atoms with van der Waals surface area (Å²) in [6.45, 7) is 11.5. The Kier molecular flexibility index (Phi) is 7.28. The fourth-order valence-electron chi connectivity index (χ4n) is 3.99. The molecule has 1 aliphatic heterocycles. The zero-order valence-corrected chi connectivity index (χ0v) is 20.7. The van der Waals surface area contributed by atoms with Crippen LogP contribution >= 0.6 is 11.3 Å². The van der Waals surface area contributed by atoms with Gasteiger partial charge in [-0.2, -0.15) is 4.31 Å². The molecule has 170 valence electrons. The van der Waals surface area contributed by atoms with Crippen LogP contribution in [0.1, 0.15) is 64.6 Å². The monoisotopic (exact) mass is 462 g/mol. The number of nitrogens with zero attached hydrogens (tertiary/aromatic N) is 1. The van der Waals surface area contributed by atoms with Gasteiger partial charge in [0.05, 0.1) is 6.04 Å². The van der Waals surface area contributed by atoms with Crippen LogP contribution in [0.15, 0.2) is 46.0 Å². The van der Waals surface area contributed by atoms with Gasteiger partial charge in [-0.3, -0.25) is 4.79 Å². The van der Waals surface area contributed by atoms with Gasteiger partial charge in [0, 0.05) is 19.0 Å². The lowest BCUT2D eigenvalue weighted by Gasteiger charge is -2.32. The Labute approximate surface area is 190 Å². The van der Waals surface area contributed by atoms with E-state index in [1.54, 1.807) is 17.5 Å². The number of carbonyl (C=O) groups is 1. The van der Waals surface area contributed by atoms with Crippen LogP contribution in [0.5, 0.6) is 0 Å². The van der Waals surface area contributed by atoms with Gasteiger partial charge in [0.15, 0.2) is 0 Å². The number of piperidine rings is 1. The molecule has 0 spiro atoms. The van der Waals surface area contributed by atoms with Crippen molar-refractivity contribution >= 4 is 27.3 Å². The third kappa shape index (κ3) is 5.57. The number of hydrogen-bond donors (Lipinski definition) is 1. The number of sulfonamides is 1. The summed E-state index contributed by atoms with van der Waals surface area (Å²) >= 11 is 1.23. The molecule has 1 unspecified atom stereocenters. The van der Waals surface area contributed by atoms with Crippen LogP contribution in [0.3, 0.4) is 0 Å². The zero-order chi connectivity index (χ0) is 22.8. The minimum absolute atomic E-state index is 0.0202. The Morgan fingerprint density at radius 2 is 1.71 bits per heavy atom. The molecule has 31 heavy (non-hydrogen) atoms. The van der Waals surface area contributed by atoms with E-state index in [1.807, 2.05) is 0 Å². The van der Waals surface area contributed by atoms with Crippen molar-refractivity contribution in [1.29, 1.82) is 0 Å². The Morgan fingerprint density at radius 3 is 2.19 bits per heavy atom. The first-order valence-electron chi connectivity index (χ1n) is 10.9. The van der Waals surface area contributed by atoms with Crippen LogP contribution in [0.25, 0.3) is 0 Å². The van der Waals surface area contributed by atoms with Gasteiger partial charge in [0.25, 0.3) is 10.0 Å². The van der Waals surface area contributed by atoms with E-state index in [-0.39, 0.29) is 29.2 Å². The first-order chi connectivity index (χ1) is 14.5. The standard InChI is InChI=1S/C24H34N2O3S2/c1-17(2)22(18-8-10-20(11-9-18)24(3,4)5)25-23(27)19-12-14-26(15-13-19)31(28,29)21-7-6-16-30-21/h6-11,16-17,19,22H,12-15H2,1-5H3,(H,25,27). The van der Waals surface area contributed by atoms with Gasteiger partial charge in [0.1, 0.15) is 4.21 Å². The largest absolute Gasteiger partial charge is 0.349 e. The van der Waals surface area contributed by atoms with Crippen molar-refractivity contribution in [1.82, 2.24) is 9.62 Å². The third-order valence-electron chi connectivity index (χ3n) is 6.01. The van der Waals surface area contributed by atoms with Gasteiger partial charge < -0.3 is 5.32 Å². The summed E-state index contributed by atoms with van der Waals surface area (Å²) in [5.41, 5.74) is 2.46. The smallest absolute Gasteiger partial charge is 0.252 e. The molecule has 1 fully saturated rings. The molecule has 5 nitrogen and oxygen atoms in total. The van der Waals surface area contributed by atoms with E-state index in [4.69, 9.17) is 0 Å². The topological polar surface area (TPSA) is 66.5 Å². The summed E-state index contributed by atoms with van der Waals surface area (Å²) in [4.78, 5) is 13.0. The highest BCUT2D eigenvalue weighted by atomic mass is 32.2. The summed E-state index contributed by atoms with van der Waals surface area (Å²) < 4.78 is 27.3. The van der Waals surface area contributed by atoms with Crippen LogP contribution < -0.4 is 5.32 Å². The van der Waals surface area contributed by atoms with Crippen molar-refractivity contribution in [3.8, 4) is 0 Å². The van der Waals surface area contributed by atoms with Crippen molar-refractivity contribution in [3.05, 3.63) is 52.9 Å². The number of amides is 1. The zero-order valence-electron chi connectivity index (χ0n) is 19.1. The lowest BCUT2D eigenvalue weighted by atomic mass is 9.85. The molecule has 0 saturated carbocycles. The van der Waals surface area contributed by atoms with Crippen molar-refractivity contribution in [3.63, 3.8) is 0 Å². The van der Waals surface area contributed by atoms with E-state index in [0.717, 1.165) is 5.56 Å². The number of carbonyl (C=O) groups excluding carboxylic acids is 1. The normalized spacial score (nSPS) is 17.6. The Bertz CT molecular complexity index is 967. The molecule has 7 heteroatoms. The molecule has 1 N–H and O–H groups in total. The van der Waals surface area contributed by atoms with Crippen molar-refractivity contribution < 1.29 is 13.2 Å². The van der Waals surface area contributed by atoms with E-state index in [1.165, 1.54) is 21.2 Å². The summed E-state index contributed by atoms with van der Waals surface area (Å²) in [7, 11) is -3.44. The number of nitrogens with one attached hydrogen (secondary N) is 1. The Balaban J connectivity index is 1.63. The second-order valence-electron chi connectivity index (χ2n) is 9.71. The molecule has 2 aromatic rings. The Hall–Kier alpha value is -1.70. The summed E-state index contributed by atoms with van der Waals surface area (Å²) in [6.07, 6.45) is 1.09. The number of thiophene rings is 1. The number of benzene rings is 1. The van der Waals surface area contributed by atoms with Gasteiger partial charge in [-0.1, -0.05) is 65.0 Å². The van der Waals surface area contributed by atoms with E-state index >= 15 is 0 Å². The number of rotatable bonds is 6. The molecule has 0 bridgehead atoms. The van der Waals surface area contributed by atoms with E-state index in [0.29, 0.717) is 30.1 Å². The first kappa shape index (κ1) is 24.0. The van der Waals surface area contributed by atoms with Crippen molar-refractivity contribution in [2.45, 2.75) is 63.1 Å². The maximum Gasteiger partial charge on any atom is 0.252 e.